The zero-order valence-electron chi connectivity index (χ0n) is 8.64. The Kier molecular flexibility index (Phi) is 9.59. The van der Waals surface area contributed by atoms with Crippen LogP contribution >= 0.6 is 0 Å². The predicted molar refractivity (Wildman–Crippen MR) is 54.8 cm³/mol. The average Bonchev–Trinajstić information content (AvgIpc) is 2.21. The van der Waals surface area contributed by atoms with Gasteiger partial charge in [-0.05, 0) is 12.8 Å². The zero-order chi connectivity index (χ0) is 10.6. The highest BCUT2D eigenvalue weighted by molar-refractivity contribution is 5.81. The smallest absolute Gasteiger partial charge is 0.330 e. The van der Waals surface area contributed by atoms with Crippen LogP contribution in [-0.2, 0) is 9.53 Å². The number of esters is 1. The van der Waals surface area contributed by atoms with Crippen molar-refractivity contribution in [3.8, 4) is 0 Å². The number of rotatable bonds is 9. The van der Waals surface area contributed by atoms with Crippen LogP contribution in [0.3, 0.4) is 0 Å². The highest BCUT2D eigenvalue weighted by Gasteiger charge is 1.95. The van der Waals surface area contributed by atoms with Crippen molar-refractivity contribution in [1.82, 2.24) is 0 Å². The number of carbonyl (C=O) groups is 1. The third kappa shape index (κ3) is 9.23. The molecule has 0 aliphatic carbocycles. The summed E-state index contributed by atoms with van der Waals surface area (Å²) in [5, 5.41) is 0. The van der Waals surface area contributed by atoms with Crippen LogP contribution in [0, 0.1) is 0 Å². The van der Waals surface area contributed by atoms with Gasteiger partial charge in [0.2, 0.25) is 0 Å². The largest absolute Gasteiger partial charge is 0.463 e. The Hall–Kier alpha value is -0.860. The topological polar surface area (TPSA) is 26.3 Å². The molecule has 0 aromatic rings. The maximum atomic E-state index is 11.7. The molecule has 0 fully saturated rings. The molecule has 0 aromatic heterocycles. The van der Waals surface area contributed by atoms with E-state index in [0.717, 1.165) is 32.1 Å². The van der Waals surface area contributed by atoms with Crippen LogP contribution in [-0.4, -0.2) is 19.3 Å². The first-order valence-electron chi connectivity index (χ1n) is 5.16. The quantitative estimate of drug-likeness (QED) is 0.326. The van der Waals surface area contributed by atoms with Gasteiger partial charge in [0.1, 0.15) is 0 Å². The first-order valence-corrected chi connectivity index (χ1v) is 5.16. The Bertz CT molecular complexity index is 157. The van der Waals surface area contributed by atoms with Gasteiger partial charge in [-0.2, -0.15) is 0 Å². The third-order valence-electron chi connectivity index (χ3n) is 1.94. The van der Waals surface area contributed by atoms with E-state index in [2.05, 4.69) is 6.58 Å². The summed E-state index contributed by atoms with van der Waals surface area (Å²) >= 11 is 0. The minimum atomic E-state index is -0.359. The highest BCUT2D eigenvalue weighted by atomic mass is 19.1. The van der Waals surface area contributed by atoms with Crippen molar-refractivity contribution in [3.05, 3.63) is 12.7 Å². The fourth-order valence-electron chi connectivity index (χ4n) is 1.14. The van der Waals surface area contributed by atoms with Crippen LogP contribution in [0.5, 0.6) is 0 Å². The first kappa shape index (κ1) is 13.1. The SMILES string of the molecule is C=CC(=O)OCCCCCCCCF. The van der Waals surface area contributed by atoms with E-state index in [-0.39, 0.29) is 12.6 Å². The molecule has 0 saturated heterocycles. The molecular weight excluding hydrogens is 183 g/mol. The van der Waals surface area contributed by atoms with E-state index in [1.54, 1.807) is 0 Å². The van der Waals surface area contributed by atoms with Crippen LogP contribution in [0.15, 0.2) is 12.7 Å². The molecule has 0 saturated carbocycles. The number of halogens is 1. The van der Waals surface area contributed by atoms with Gasteiger partial charge < -0.3 is 4.74 Å². The van der Waals surface area contributed by atoms with Gasteiger partial charge in [0.25, 0.3) is 0 Å². The standard InChI is InChI=1S/C11H19FO2/c1-2-11(13)14-10-8-6-4-3-5-7-9-12/h2H,1,3-10H2. The molecule has 14 heavy (non-hydrogen) atoms. The minimum absolute atomic E-state index is 0.211. The first-order chi connectivity index (χ1) is 6.81. The van der Waals surface area contributed by atoms with Crippen LogP contribution in [0.2, 0.25) is 0 Å². The fourth-order valence-corrected chi connectivity index (χ4v) is 1.14. The lowest BCUT2D eigenvalue weighted by Gasteiger charge is -2.01. The Balaban J connectivity index is 2.99. The van der Waals surface area contributed by atoms with E-state index in [1.807, 2.05) is 0 Å². The number of alkyl halides is 1. The van der Waals surface area contributed by atoms with Gasteiger partial charge in [-0.15, -0.1) is 0 Å². The second-order valence-corrected chi connectivity index (χ2v) is 3.18. The maximum absolute atomic E-state index is 11.7. The third-order valence-corrected chi connectivity index (χ3v) is 1.94. The number of unbranched alkanes of at least 4 members (excludes halogenated alkanes) is 5. The second-order valence-electron chi connectivity index (χ2n) is 3.18. The van der Waals surface area contributed by atoms with Crippen molar-refractivity contribution in [2.24, 2.45) is 0 Å². The Morgan fingerprint density at radius 2 is 1.71 bits per heavy atom. The summed E-state index contributed by atoms with van der Waals surface area (Å²) in [5.41, 5.74) is 0. The molecule has 0 aliphatic rings. The van der Waals surface area contributed by atoms with Gasteiger partial charge >= 0.3 is 5.97 Å². The van der Waals surface area contributed by atoms with Crippen LogP contribution in [0.25, 0.3) is 0 Å². The van der Waals surface area contributed by atoms with Gasteiger partial charge in [-0.1, -0.05) is 32.3 Å². The van der Waals surface area contributed by atoms with Crippen LogP contribution < -0.4 is 0 Å². The molecule has 2 nitrogen and oxygen atoms in total. The van der Waals surface area contributed by atoms with Crippen molar-refractivity contribution in [2.75, 3.05) is 13.3 Å². The zero-order valence-corrected chi connectivity index (χ0v) is 8.64. The number of ether oxygens (including phenoxy) is 1. The van der Waals surface area contributed by atoms with Crippen LogP contribution in [0.4, 0.5) is 4.39 Å². The number of hydrogen-bond acceptors (Lipinski definition) is 2. The van der Waals surface area contributed by atoms with E-state index in [4.69, 9.17) is 4.74 Å². The lowest BCUT2D eigenvalue weighted by atomic mass is 10.1. The van der Waals surface area contributed by atoms with Gasteiger partial charge in [0.15, 0.2) is 0 Å². The Morgan fingerprint density at radius 3 is 2.29 bits per heavy atom. The van der Waals surface area contributed by atoms with Gasteiger partial charge in [-0.3, -0.25) is 4.39 Å². The van der Waals surface area contributed by atoms with E-state index in [9.17, 15) is 9.18 Å². The molecule has 0 aromatic carbocycles. The Labute approximate surface area is 85.1 Å². The molecule has 0 aliphatic heterocycles. The lowest BCUT2D eigenvalue weighted by molar-refractivity contribution is -0.137. The molecule has 0 atom stereocenters. The molecular formula is C11H19FO2. The second kappa shape index (κ2) is 10.2. The molecule has 0 N–H and O–H groups in total. The molecule has 0 bridgehead atoms. The van der Waals surface area contributed by atoms with Gasteiger partial charge in [0.05, 0.1) is 13.3 Å². The van der Waals surface area contributed by atoms with Crippen molar-refractivity contribution >= 4 is 5.97 Å². The maximum Gasteiger partial charge on any atom is 0.330 e. The molecule has 0 heterocycles. The van der Waals surface area contributed by atoms with E-state index < -0.39 is 0 Å². The van der Waals surface area contributed by atoms with Gasteiger partial charge in [0, 0.05) is 6.08 Å². The van der Waals surface area contributed by atoms with Crippen LogP contribution in [0.1, 0.15) is 38.5 Å². The average molecular weight is 202 g/mol. The highest BCUT2D eigenvalue weighted by Crippen LogP contribution is 2.05. The Morgan fingerprint density at radius 1 is 1.14 bits per heavy atom. The molecule has 82 valence electrons. The van der Waals surface area contributed by atoms with E-state index in [0.29, 0.717) is 13.0 Å². The monoisotopic (exact) mass is 202 g/mol. The molecule has 0 amide bonds. The summed E-state index contributed by atoms with van der Waals surface area (Å²) in [6, 6.07) is 0. The molecule has 0 rings (SSSR count). The summed E-state index contributed by atoms with van der Waals surface area (Å²) in [7, 11) is 0. The number of hydrogen-bond donors (Lipinski definition) is 0. The van der Waals surface area contributed by atoms with E-state index >= 15 is 0 Å². The predicted octanol–water partition coefficient (Wildman–Crippen LogP) is 3.03. The van der Waals surface area contributed by atoms with E-state index in [1.165, 1.54) is 6.08 Å². The normalized spacial score (nSPS) is 9.79. The number of carbonyl (C=O) groups excluding carboxylic acids is 1. The van der Waals surface area contributed by atoms with Crippen molar-refractivity contribution < 1.29 is 13.9 Å². The molecule has 3 heteroatoms. The fraction of sp³-hybridized carbons (Fsp3) is 0.727. The van der Waals surface area contributed by atoms with Crippen molar-refractivity contribution in [1.29, 1.82) is 0 Å². The van der Waals surface area contributed by atoms with Crippen molar-refractivity contribution in [2.45, 2.75) is 38.5 Å². The molecule has 0 radical (unpaired) electrons. The minimum Gasteiger partial charge on any atom is -0.463 e. The summed E-state index contributed by atoms with van der Waals surface area (Å²) in [4.78, 5) is 10.6. The summed E-state index contributed by atoms with van der Waals surface area (Å²) in [6.45, 7) is 3.55. The summed E-state index contributed by atoms with van der Waals surface area (Å²) in [6.07, 6.45) is 6.88. The summed E-state index contributed by atoms with van der Waals surface area (Å²) in [5.74, 6) is -0.359. The summed E-state index contributed by atoms with van der Waals surface area (Å²) < 4.78 is 16.5. The van der Waals surface area contributed by atoms with Gasteiger partial charge in [-0.25, -0.2) is 4.79 Å². The van der Waals surface area contributed by atoms with Crippen molar-refractivity contribution in [3.63, 3.8) is 0 Å². The molecule has 0 unspecified atom stereocenters. The lowest BCUT2D eigenvalue weighted by Crippen LogP contribution is -2.01. The molecule has 0 spiro atoms.